The van der Waals surface area contributed by atoms with Gasteiger partial charge in [-0.25, -0.2) is 0 Å². The number of amides is 2. The lowest BCUT2D eigenvalue weighted by molar-refractivity contribution is -0.121. The molecular formula is C22H21BrN2O4. The third kappa shape index (κ3) is 4.00. The van der Waals surface area contributed by atoms with Gasteiger partial charge in [-0.1, -0.05) is 24.3 Å². The van der Waals surface area contributed by atoms with E-state index < -0.39 is 0 Å². The molecule has 1 N–H and O–H groups in total. The highest BCUT2D eigenvalue weighted by Gasteiger charge is 2.29. The van der Waals surface area contributed by atoms with Gasteiger partial charge in [0.1, 0.15) is 11.3 Å². The quantitative estimate of drug-likeness (QED) is 0.617. The van der Waals surface area contributed by atoms with Crippen molar-refractivity contribution < 1.29 is 18.7 Å². The Hall–Kier alpha value is -2.80. The number of fused-ring (bicyclic) bond motifs is 1. The van der Waals surface area contributed by atoms with Gasteiger partial charge >= 0.3 is 0 Å². The minimum absolute atomic E-state index is 0.0470. The number of methoxy groups -OCH3 is 1. The zero-order valence-electron chi connectivity index (χ0n) is 16.0. The molecule has 1 aromatic heterocycles. The van der Waals surface area contributed by atoms with E-state index in [-0.39, 0.29) is 17.7 Å². The molecule has 150 valence electrons. The number of nitrogens with one attached hydrogen (secondary N) is 1. The molecule has 2 amide bonds. The van der Waals surface area contributed by atoms with Gasteiger partial charge in [-0.05, 0) is 53.0 Å². The summed E-state index contributed by atoms with van der Waals surface area (Å²) >= 11 is 3.44. The summed E-state index contributed by atoms with van der Waals surface area (Å²) in [7, 11) is 1.58. The Morgan fingerprint density at radius 2 is 1.90 bits per heavy atom. The van der Waals surface area contributed by atoms with Crippen molar-refractivity contribution in [2.24, 2.45) is 5.92 Å². The number of hydrogen-bond donors (Lipinski definition) is 1. The zero-order chi connectivity index (χ0) is 20.4. The van der Waals surface area contributed by atoms with Gasteiger partial charge in [0.15, 0.2) is 5.76 Å². The topological polar surface area (TPSA) is 71.8 Å². The molecule has 1 saturated heterocycles. The predicted molar refractivity (Wildman–Crippen MR) is 114 cm³/mol. The van der Waals surface area contributed by atoms with Crippen molar-refractivity contribution in [1.29, 1.82) is 0 Å². The van der Waals surface area contributed by atoms with Crippen molar-refractivity contribution in [2.45, 2.75) is 12.8 Å². The minimum Gasteiger partial charge on any atom is -0.495 e. The van der Waals surface area contributed by atoms with Gasteiger partial charge < -0.3 is 19.4 Å². The molecule has 29 heavy (non-hydrogen) atoms. The highest BCUT2D eigenvalue weighted by Crippen LogP contribution is 2.29. The van der Waals surface area contributed by atoms with Gasteiger partial charge in [-0.2, -0.15) is 0 Å². The molecule has 0 atom stereocenters. The number of para-hydroxylation sites is 3. The maximum absolute atomic E-state index is 12.8. The lowest BCUT2D eigenvalue weighted by Gasteiger charge is -2.30. The molecule has 0 radical (unpaired) electrons. The summed E-state index contributed by atoms with van der Waals surface area (Å²) < 4.78 is 11.9. The SMILES string of the molecule is COc1ccccc1NC(=O)C1CCN(C(=O)c2cc3cccc(Br)c3o2)CC1. The van der Waals surface area contributed by atoms with E-state index in [9.17, 15) is 9.59 Å². The molecule has 1 fully saturated rings. The molecule has 0 aliphatic carbocycles. The van der Waals surface area contributed by atoms with Crippen molar-refractivity contribution in [3.63, 3.8) is 0 Å². The van der Waals surface area contributed by atoms with Crippen molar-refractivity contribution in [3.8, 4) is 5.75 Å². The molecule has 6 nitrogen and oxygen atoms in total. The van der Waals surface area contributed by atoms with E-state index in [0.29, 0.717) is 48.7 Å². The average molecular weight is 457 g/mol. The molecule has 0 saturated carbocycles. The first-order valence-electron chi connectivity index (χ1n) is 9.48. The van der Waals surface area contributed by atoms with E-state index in [2.05, 4.69) is 21.2 Å². The van der Waals surface area contributed by atoms with Crippen LogP contribution in [-0.2, 0) is 4.79 Å². The van der Waals surface area contributed by atoms with Gasteiger partial charge in [0, 0.05) is 24.4 Å². The van der Waals surface area contributed by atoms with E-state index >= 15 is 0 Å². The van der Waals surface area contributed by atoms with Crippen molar-refractivity contribution in [1.82, 2.24) is 4.90 Å². The largest absolute Gasteiger partial charge is 0.495 e. The van der Waals surface area contributed by atoms with Crippen LogP contribution in [0.5, 0.6) is 5.75 Å². The molecule has 2 aromatic carbocycles. The second kappa shape index (κ2) is 8.29. The summed E-state index contributed by atoms with van der Waals surface area (Å²) in [6, 6.07) is 14.8. The second-order valence-electron chi connectivity index (χ2n) is 7.02. The Morgan fingerprint density at radius 3 is 2.62 bits per heavy atom. The minimum atomic E-state index is -0.145. The molecule has 3 aromatic rings. The van der Waals surface area contributed by atoms with Crippen LogP contribution < -0.4 is 10.1 Å². The number of carbonyl (C=O) groups is 2. The number of likely N-dealkylation sites (tertiary alicyclic amines) is 1. The molecular weight excluding hydrogens is 436 g/mol. The first kappa shape index (κ1) is 19.5. The summed E-state index contributed by atoms with van der Waals surface area (Å²) in [6.07, 6.45) is 1.22. The number of anilines is 1. The molecule has 0 unspecified atom stereocenters. The monoisotopic (exact) mass is 456 g/mol. The lowest BCUT2D eigenvalue weighted by Crippen LogP contribution is -2.41. The van der Waals surface area contributed by atoms with Crippen LogP contribution in [0.2, 0.25) is 0 Å². The van der Waals surface area contributed by atoms with E-state index in [4.69, 9.17) is 9.15 Å². The fourth-order valence-corrected chi connectivity index (χ4v) is 4.08. The number of nitrogens with zero attached hydrogens (tertiary/aromatic N) is 1. The number of benzene rings is 2. The number of rotatable bonds is 4. The standard InChI is InChI=1S/C22H21BrN2O4/c1-28-18-8-3-2-7-17(18)24-21(26)14-9-11-25(12-10-14)22(27)19-13-15-5-4-6-16(23)20(15)29-19/h2-8,13-14H,9-12H2,1H3,(H,24,26). The Bertz CT molecular complexity index is 1050. The molecule has 1 aliphatic heterocycles. The number of furan rings is 1. The summed E-state index contributed by atoms with van der Waals surface area (Å²) in [4.78, 5) is 27.2. The molecule has 0 bridgehead atoms. The Kier molecular flexibility index (Phi) is 5.58. The third-order valence-corrected chi connectivity index (χ3v) is 5.85. The zero-order valence-corrected chi connectivity index (χ0v) is 17.6. The van der Waals surface area contributed by atoms with Crippen LogP contribution in [0.15, 0.2) is 57.4 Å². The van der Waals surface area contributed by atoms with Crippen LogP contribution in [0.3, 0.4) is 0 Å². The summed E-state index contributed by atoms with van der Waals surface area (Å²) in [6.45, 7) is 1.03. The van der Waals surface area contributed by atoms with Crippen LogP contribution in [-0.4, -0.2) is 36.9 Å². The predicted octanol–water partition coefficient (Wildman–Crippen LogP) is 4.69. The van der Waals surface area contributed by atoms with Gasteiger partial charge in [-0.3, -0.25) is 9.59 Å². The van der Waals surface area contributed by atoms with E-state index in [1.807, 2.05) is 42.5 Å². The third-order valence-electron chi connectivity index (χ3n) is 5.22. The second-order valence-corrected chi connectivity index (χ2v) is 7.88. The van der Waals surface area contributed by atoms with Gasteiger partial charge in [0.2, 0.25) is 5.91 Å². The number of halogens is 1. The van der Waals surface area contributed by atoms with Crippen molar-refractivity contribution in [3.05, 3.63) is 58.8 Å². The molecule has 2 heterocycles. The average Bonchev–Trinajstić information content (AvgIpc) is 3.19. The molecule has 7 heteroatoms. The molecule has 4 rings (SSSR count). The summed E-state index contributed by atoms with van der Waals surface area (Å²) in [5.74, 6) is 0.619. The molecule has 1 aliphatic rings. The Balaban J connectivity index is 1.39. The molecule has 0 spiro atoms. The number of piperidine rings is 1. The van der Waals surface area contributed by atoms with Gasteiger partial charge in [0.05, 0.1) is 17.3 Å². The van der Waals surface area contributed by atoms with Crippen molar-refractivity contribution >= 4 is 44.4 Å². The number of ether oxygens (including phenoxy) is 1. The maximum atomic E-state index is 12.8. The normalized spacial score (nSPS) is 14.8. The fourth-order valence-electron chi connectivity index (χ4n) is 3.62. The van der Waals surface area contributed by atoms with E-state index in [0.717, 1.165) is 9.86 Å². The van der Waals surface area contributed by atoms with Crippen LogP contribution in [0, 0.1) is 5.92 Å². The maximum Gasteiger partial charge on any atom is 0.289 e. The van der Waals surface area contributed by atoms with E-state index in [1.54, 1.807) is 18.1 Å². The number of carbonyl (C=O) groups excluding carboxylic acids is 2. The Labute approximate surface area is 176 Å². The lowest BCUT2D eigenvalue weighted by atomic mass is 9.95. The summed E-state index contributed by atoms with van der Waals surface area (Å²) in [5, 5.41) is 3.82. The van der Waals surface area contributed by atoms with Crippen LogP contribution in [0.1, 0.15) is 23.4 Å². The van der Waals surface area contributed by atoms with Crippen LogP contribution in [0.25, 0.3) is 11.0 Å². The summed E-state index contributed by atoms with van der Waals surface area (Å²) in [5.41, 5.74) is 1.33. The highest BCUT2D eigenvalue weighted by molar-refractivity contribution is 9.10. The number of hydrogen-bond acceptors (Lipinski definition) is 4. The van der Waals surface area contributed by atoms with Crippen molar-refractivity contribution in [2.75, 3.05) is 25.5 Å². The van der Waals surface area contributed by atoms with Gasteiger partial charge in [0.25, 0.3) is 5.91 Å². The highest BCUT2D eigenvalue weighted by atomic mass is 79.9. The van der Waals surface area contributed by atoms with Crippen LogP contribution in [0.4, 0.5) is 5.69 Å². The first-order chi connectivity index (χ1) is 14.1. The van der Waals surface area contributed by atoms with Gasteiger partial charge in [-0.15, -0.1) is 0 Å². The van der Waals surface area contributed by atoms with Crippen LogP contribution >= 0.6 is 15.9 Å². The fraction of sp³-hybridized carbons (Fsp3) is 0.273. The van der Waals surface area contributed by atoms with E-state index in [1.165, 1.54) is 0 Å². The first-order valence-corrected chi connectivity index (χ1v) is 10.3. The smallest absolute Gasteiger partial charge is 0.289 e. The Morgan fingerprint density at radius 1 is 1.14 bits per heavy atom.